The summed E-state index contributed by atoms with van der Waals surface area (Å²) in [5.74, 6) is 0.385. The van der Waals surface area contributed by atoms with Crippen molar-refractivity contribution in [3.63, 3.8) is 0 Å². The lowest BCUT2D eigenvalue weighted by atomic mass is 10.0. The third-order valence-corrected chi connectivity index (χ3v) is 6.06. The number of rotatable bonds is 5. The lowest BCUT2D eigenvalue weighted by Gasteiger charge is -2.19. The van der Waals surface area contributed by atoms with Gasteiger partial charge >= 0.3 is 0 Å². The lowest BCUT2D eigenvalue weighted by molar-refractivity contribution is 0.214. The minimum Gasteiger partial charge on any atom is -0.324 e. The van der Waals surface area contributed by atoms with E-state index in [-0.39, 0.29) is 17.3 Å². The summed E-state index contributed by atoms with van der Waals surface area (Å²) in [6.45, 7) is 8.59. The average Bonchev–Trinajstić information content (AvgIpc) is 3.10. The smallest absolute Gasteiger partial charge is 0.278 e. The number of halogens is 1. The van der Waals surface area contributed by atoms with Gasteiger partial charge in [0.25, 0.3) is 5.56 Å². The number of nitrogens with one attached hydrogen (secondary N) is 2. The van der Waals surface area contributed by atoms with Crippen LogP contribution in [0.4, 0.5) is 16.0 Å². The van der Waals surface area contributed by atoms with Gasteiger partial charge in [0.05, 0.1) is 11.4 Å². The maximum absolute atomic E-state index is 14.6. The van der Waals surface area contributed by atoms with Crippen molar-refractivity contribution in [2.75, 3.05) is 11.9 Å². The van der Waals surface area contributed by atoms with E-state index in [1.807, 2.05) is 19.9 Å². The maximum atomic E-state index is 14.6. The third-order valence-electron chi connectivity index (χ3n) is 6.06. The molecule has 8 nitrogen and oxygen atoms in total. The molecule has 0 radical (unpaired) electrons. The first kappa shape index (κ1) is 22.2. The molecule has 0 spiro atoms. The molecule has 1 aliphatic rings. The van der Waals surface area contributed by atoms with Crippen LogP contribution in [0.3, 0.4) is 0 Å². The number of anilines is 2. The molecule has 176 valence electrons. The number of benzene rings is 1. The van der Waals surface area contributed by atoms with Gasteiger partial charge in [0, 0.05) is 30.7 Å². The van der Waals surface area contributed by atoms with E-state index in [0.717, 1.165) is 25.2 Å². The molecule has 0 saturated heterocycles. The molecule has 4 aromatic rings. The molecule has 0 fully saturated rings. The molecule has 0 atom stereocenters. The van der Waals surface area contributed by atoms with Gasteiger partial charge in [-0.15, -0.1) is 0 Å². The number of hydrogen-bond acceptors (Lipinski definition) is 6. The number of hydrogen-bond donors (Lipinski definition) is 2. The van der Waals surface area contributed by atoms with Crippen LogP contribution < -0.4 is 16.2 Å². The number of fused-ring (bicyclic) bond motifs is 2. The highest BCUT2D eigenvalue weighted by atomic mass is 19.1. The van der Waals surface area contributed by atoms with Gasteiger partial charge in [0.15, 0.2) is 5.65 Å². The molecule has 9 heteroatoms. The fourth-order valence-corrected chi connectivity index (χ4v) is 4.33. The largest absolute Gasteiger partial charge is 0.324 e. The summed E-state index contributed by atoms with van der Waals surface area (Å²) in [5, 5.41) is 7.05. The molecular formula is C25H28FN7O. The molecule has 1 aliphatic heterocycles. The van der Waals surface area contributed by atoms with E-state index < -0.39 is 5.67 Å². The number of pyridine rings is 1. The Morgan fingerprint density at radius 1 is 1.15 bits per heavy atom. The Morgan fingerprint density at radius 2 is 1.97 bits per heavy atom. The molecule has 0 saturated carbocycles. The Kier molecular flexibility index (Phi) is 5.44. The summed E-state index contributed by atoms with van der Waals surface area (Å²) in [4.78, 5) is 26.5. The molecule has 0 amide bonds. The highest BCUT2D eigenvalue weighted by Gasteiger charge is 2.24. The number of aromatic nitrogens is 5. The highest BCUT2D eigenvalue weighted by molar-refractivity contribution is 5.77. The van der Waals surface area contributed by atoms with Crippen LogP contribution in [-0.4, -0.2) is 30.9 Å². The van der Waals surface area contributed by atoms with Gasteiger partial charge in [-0.05, 0) is 76.1 Å². The van der Waals surface area contributed by atoms with Gasteiger partial charge in [-0.2, -0.15) is 4.98 Å². The fourth-order valence-electron chi connectivity index (χ4n) is 4.33. The quantitative estimate of drug-likeness (QED) is 0.464. The Morgan fingerprint density at radius 3 is 2.74 bits per heavy atom. The van der Waals surface area contributed by atoms with E-state index in [4.69, 9.17) is 4.98 Å². The predicted octanol–water partition coefficient (Wildman–Crippen LogP) is 4.15. The Balaban J connectivity index is 1.63. The van der Waals surface area contributed by atoms with Crippen LogP contribution in [0.2, 0.25) is 0 Å². The molecule has 0 unspecified atom stereocenters. The van der Waals surface area contributed by atoms with E-state index in [9.17, 15) is 9.18 Å². The lowest BCUT2D eigenvalue weighted by Crippen LogP contribution is -2.24. The minimum atomic E-state index is -1.62. The van der Waals surface area contributed by atoms with Gasteiger partial charge < -0.3 is 10.6 Å². The summed E-state index contributed by atoms with van der Waals surface area (Å²) in [6, 6.07) is 9.48. The first-order valence-corrected chi connectivity index (χ1v) is 11.5. The Hall–Kier alpha value is -3.59. The molecule has 4 heterocycles. The molecule has 0 bridgehead atoms. The Labute approximate surface area is 196 Å². The summed E-state index contributed by atoms with van der Waals surface area (Å²) in [7, 11) is 0. The SMILES string of the molecule is CC(C)n1c(=O)c2cnc(Nc3ccc4c(c3)CCNC4)nc2n1-c1ccnc(C(C)(C)F)c1. The number of alkyl halides is 1. The monoisotopic (exact) mass is 461 g/mol. The van der Waals surface area contributed by atoms with Gasteiger partial charge in [0.2, 0.25) is 5.95 Å². The zero-order valence-electron chi connectivity index (χ0n) is 19.8. The van der Waals surface area contributed by atoms with Crippen molar-refractivity contribution in [1.29, 1.82) is 0 Å². The third kappa shape index (κ3) is 3.96. The van der Waals surface area contributed by atoms with Crippen LogP contribution in [0.5, 0.6) is 0 Å². The van der Waals surface area contributed by atoms with Crippen molar-refractivity contribution in [3.8, 4) is 5.69 Å². The van der Waals surface area contributed by atoms with Gasteiger partial charge in [-0.3, -0.25) is 9.78 Å². The van der Waals surface area contributed by atoms with Crippen molar-refractivity contribution in [3.05, 3.63) is 69.9 Å². The van der Waals surface area contributed by atoms with E-state index in [1.165, 1.54) is 25.0 Å². The first-order chi connectivity index (χ1) is 16.2. The second-order valence-electron chi connectivity index (χ2n) is 9.39. The van der Waals surface area contributed by atoms with Gasteiger partial charge in [0.1, 0.15) is 11.1 Å². The summed E-state index contributed by atoms with van der Waals surface area (Å²) in [6.07, 6.45) is 4.07. The van der Waals surface area contributed by atoms with E-state index in [0.29, 0.717) is 22.7 Å². The molecule has 3 aromatic heterocycles. The van der Waals surface area contributed by atoms with E-state index >= 15 is 0 Å². The molecular weight excluding hydrogens is 433 g/mol. The predicted molar refractivity (Wildman–Crippen MR) is 131 cm³/mol. The van der Waals surface area contributed by atoms with Crippen molar-refractivity contribution >= 4 is 22.7 Å². The highest BCUT2D eigenvalue weighted by Crippen LogP contribution is 2.27. The second-order valence-corrected chi connectivity index (χ2v) is 9.39. The summed E-state index contributed by atoms with van der Waals surface area (Å²) in [5.41, 5.74) is 3.01. The van der Waals surface area contributed by atoms with Crippen LogP contribution in [-0.2, 0) is 18.6 Å². The van der Waals surface area contributed by atoms with Crippen LogP contribution in [0.15, 0.2) is 47.5 Å². The van der Waals surface area contributed by atoms with E-state index in [1.54, 1.807) is 33.9 Å². The standard InChI is InChI=1S/C25H28FN7O/c1-15(2)32-23(34)20-14-29-24(30-18-6-5-17-13-27-9-7-16(17)11-18)31-22(20)33(32)19-8-10-28-21(12-19)25(3,4)26/h5-6,8,10-12,14-15,27H,7,9,13H2,1-4H3,(H,29,30,31). The normalized spacial score (nSPS) is 13.9. The number of nitrogens with zero attached hydrogens (tertiary/aromatic N) is 5. The van der Waals surface area contributed by atoms with Gasteiger partial charge in [-0.1, -0.05) is 6.07 Å². The molecule has 34 heavy (non-hydrogen) atoms. The van der Waals surface area contributed by atoms with Crippen molar-refractivity contribution in [1.82, 2.24) is 29.6 Å². The van der Waals surface area contributed by atoms with Crippen molar-refractivity contribution in [2.24, 2.45) is 0 Å². The molecule has 0 aliphatic carbocycles. The van der Waals surface area contributed by atoms with Crippen molar-refractivity contribution < 1.29 is 4.39 Å². The van der Waals surface area contributed by atoms with Crippen molar-refractivity contribution in [2.45, 2.75) is 52.4 Å². The zero-order valence-corrected chi connectivity index (χ0v) is 19.8. The van der Waals surface area contributed by atoms with Crippen LogP contribution in [0, 0.1) is 0 Å². The average molecular weight is 462 g/mol. The summed E-state index contributed by atoms with van der Waals surface area (Å²) >= 11 is 0. The maximum Gasteiger partial charge on any atom is 0.278 e. The summed E-state index contributed by atoms with van der Waals surface area (Å²) < 4.78 is 18.0. The molecule has 2 N–H and O–H groups in total. The van der Waals surface area contributed by atoms with Crippen LogP contribution >= 0.6 is 0 Å². The minimum absolute atomic E-state index is 0.151. The molecule has 1 aromatic carbocycles. The van der Waals surface area contributed by atoms with Gasteiger partial charge in [-0.25, -0.2) is 18.7 Å². The van der Waals surface area contributed by atoms with E-state index in [2.05, 4.69) is 32.7 Å². The zero-order chi connectivity index (χ0) is 24.0. The van der Waals surface area contributed by atoms with Crippen LogP contribution in [0.1, 0.15) is 50.6 Å². The first-order valence-electron chi connectivity index (χ1n) is 11.5. The topological polar surface area (TPSA) is 89.7 Å². The van der Waals surface area contributed by atoms with Crippen LogP contribution in [0.25, 0.3) is 16.7 Å². The fraction of sp³-hybridized carbons (Fsp3) is 0.360. The molecule has 5 rings (SSSR count). The Bertz CT molecular complexity index is 1430. The second kappa shape index (κ2) is 8.32.